The van der Waals surface area contributed by atoms with E-state index in [2.05, 4.69) is 29.2 Å². The molecule has 0 aliphatic carbocycles. The molecule has 1 aromatic heterocycles. The summed E-state index contributed by atoms with van der Waals surface area (Å²) in [5.74, 6) is 2.04. The van der Waals surface area contributed by atoms with Crippen LogP contribution in [0.4, 0.5) is 0 Å². The lowest BCUT2D eigenvalue weighted by molar-refractivity contribution is 0.266. The molecule has 1 unspecified atom stereocenters. The van der Waals surface area contributed by atoms with Crippen molar-refractivity contribution in [3.8, 4) is 11.5 Å². The summed E-state index contributed by atoms with van der Waals surface area (Å²) in [6, 6.07) is 1.81. The maximum atomic E-state index is 5.39. The van der Waals surface area contributed by atoms with Gasteiger partial charge in [0.2, 0.25) is 0 Å². The molecule has 0 aliphatic rings. The monoisotopic (exact) mass is 267 g/mol. The number of rotatable bonds is 8. The van der Waals surface area contributed by atoms with Crippen LogP contribution in [0, 0.1) is 5.92 Å². The average Bonchev–Trinajstić information content (AvgIpc) is 2.38. The molecule has 0 aromatic carbocycles. The van der Waals surface area contributed by atoms with Crippen molar-refractivity contribution >= 4 is 0 Å². The van der Waals surface area contributed by atoms with Crippen LogP contribution >= 0.6 is 0 Å². The SMILES string of the molecule is CNCC(C)CN(C)Cc1nccc(OC)c1OC. The molecular formula is C14H25N3O2. The van der Waals surface area contributed by atoms with Crippen molar-refractivity contribution in [1.82, 2.24) is 15.2 Å². The quantitative estimate of drug-likeness (QED) is 0.771. The largest absolute Gasteiger partial charge is 0.493 e. The second-order valence-corrected chi connectivity index (χ2v) is 4.85. The highest BCUT2D eigenvalue weighted by Crippen LogP contribution is 2.29. The van der Waals surface area contributed by atoms with Crippen molar-refractivity contribution in [1.29, 1.82) is 0 Å². The Hall–Kier alpha value is -1.33. The van der Waals surface area contributed by atoms with Crippen molar-refractivity contribution < 1.29 is 9.47 Å². The van der Waals surface area contributed by atoms with E-state index in [4.69, 9.17) is 9.47 Å². The lowest BCUT2D eigenvalue weighted by Crippen LogP contribution is -2.29. The molecule has 0 spiro atoms. The molecule has 1 N–H and O–H groups in total. The summed E-state index contributed by atoms with van der Waals surface area (Å²) >= 11 is 0. The van der Waals surface area contributed by atoms with Gasteiger partial charge < -0.3 is 19.7 Å². The molecule has 0 radical (unpaired) electrons. The molecule has 19 heavy (non-hydrogen) atoms. The zero-order valence-electron chi connectivity index (χ0n) is 12.6. The molecule has 0 bridgehead atoms. The molecule has 1 rings (SSSR count). The number of hydrogen-bond donors (Lipinski definition) is 1. The number of hydrogen-bond acceptors (Lipinski definition) is 5. The first-order valence-electron chi connectivity index (χ1n) is 6.51. The maximum Gasteiger partial charge on any atom is 0.183 e. The van der Waals surface area contributed by atoms with Crippen molar-refractivity contribution in [3.05, 3.63) is 18.0 Å². The van der Waals surface area contributed by atoms with Gasteiger partial charge in [-0.3, -0.25) is 4.98 Å². The van der Waals surface area contributed by atoms with E-state index in [9.17, 15) is 0 Å². The van der Waals surface area contributed by atoms with Crippen LogP contribution in [-0.4, -0.2) is 51.3 Å². The van der Waals surface area contributed by atoms with Crippen LogP contribution in [-0.2, 0) is 6.54 Å². The van der Waals surface area contributed by atoms with E-state index in [1.807, 2.05) is 13.1 Å². The predicted octanol–water partition coefficient (Wildman–Crippen LogP) is 1.39. The number of aromatic nitrogens is 1. The van der Waals surface area contributed by atoms with Gasteiger partial charge >= 0.3 is 0 Å². The molecule has 1 aromatic rings. The van der Waals surface area contributed by atoms with E-state index >= 15 is 0 Å². The van der Waals surface area contributed by atoms with Gasteiger partial charge in [-0.15, -0.1) is 0 Å². The van der Waals surface area contributed by atoms with Gasteiger partial charge in [0.15, 0.2) is 11.5 Å². The second-order valence-electron chi connectivity index (χ2n) is 4.85. The number of ether oxygens (including phenoxy) is 2. The fourth-order valence-corrected chi connectivity index (χ4v) is 2.23. The van der Waals surface area contributed by atoms with Gasteiger partial charge in [-0.25, -0.2) is 0 Å². The molecule has 0 saturated carbocycles. The standard InChI is InChI=1S/C14H25N3O2/c1-11(8-15-2)9-17(3)10-12-14(19-5)13(18-4)6-7-16-12/h6-7,11,15H,8-10H2,1-5H3. The van der Waals surface area contributed by atoms with Crippen molar-refractivity contribution in [3.63, 3.8) is 0 Å². The molecule has 0 saturated heterocycles. The second kappa shape index (κ2) is 7.96. The van der Waals surface area contributed by atoms with Crippen LogP contribution < -0.4 is 14.8 Å². The van der Waals surface area contributed by atoms with Crippen LogP contribution in [0.25, 0.3) is 0 Å². The number of pyridine rings is 1. The first-order chi connectivity index (χ1) is 9.12. The highest BCUT2D eigenvalue weighted by atomic mass is 16.5. The Balaban J connectivity index is 2.70. The third kappa shape index (κ3) is 4.69. The number of nitrogens with one attached hydrogen (secondary N) is 1. The third-order valence-corrected chi connectivity index (χ3v) is 2.96. The summed E-state index contributed by atoms with van der Waals surface area (Å²) in [6.45, 7) is 4.98. The predicted molar refractivity (Wildman–Crippen MR) is 76.8 cm³/mol. The molecule has 108 valence electrons. The van der Waals surface area contributed by atoms with Gasteiger partial charge in [-0.2, -0.15) is 0 Å². The Kier molecular flexibility index (Phi) is 6.59. The van der Waals surface area contributed by atoms with Gasteiger partial charge in [-0.05, 0) is 26.6 Å². The minimum atomic E-state index is 0.589. The normalized spacial score (nSPS) is 12.5. The molecule has 5 nitrogen and oxygen atoms in total. The van der Waals surface area contributed by atoms with Crippen LogP contribution in [0.2, 0.25) is 0 Å². The first kappa shape index (κ1) is 15.7. The summed E-state index contributed by atoms with van der Waals surface area (Å²) in [5.41, 5.74) is 0.904. The smallest absolute Gasteiger partial charge is 0.183 e. The summed E-state index contributed by atoms with van der Waals surface area (Å²) in [5, 5.41) is 3.19. The topological polar surface area (TPSA) is 46.6 Å². The van der Waals surface area contributed by atoms with Crippen molar-refractivity contribution in [2.24, 2.45) is 5.92 Å². The number of methoxy groups -OCH3 is 2. The van der Waals surface area contributed by atoms with E-state index in [-0.39, 0.29) is 0 Å². The van der Waals surface area contributed by atoms with Crippen molar-refractivity contribution in [2.75, 3.05) is 41.4 Å². The molecule has 1 heterocycles. The van der Waals surface area contributed by atoms with Crippen molar-refractivity contribution in [2.45, 2.75) is 13.5 Å². The summed E-state index contributed by atoms with van der Waals surface area (Å²) < 4.78 is 10.7. The summed E-state index contributed by atoms with van der Waals surface area (Å²) in [6.07, 6.45) is 1.75. The highest BCUT2D eigenvalue weighted by Gasteiger charge is 2.14. The van der Waals surface area contributed by atoms with E-state index in [0.717, 1.165) is 36.8 Å². The summed E-state index contributed by atoms with van der Waals surface area (Å²) in [7, 11) is 7.35. The molecule has 1 atom stereocenters. The Morgan fingerprint density at radius 3 is 2.68 bits per heavy atom. The highest BCUT2D eigenvalue weighted by molar-refractivity contribution is 5.42. The van der Waals surface area contributed by atoms with Crippen LogP contribution in [0.15, 0.2) is 12.3 Å². The van der Waals surface area contributed by atoms with Gasteiger partial charge in [0.1, 0.15) is 5.69 Å². The van der Waals surface area contributed by atoms with Crippen LogP contribution in [0.3, 0.4) is 0 Å². The lowest BCUT2D eigenvalue weighted by atomic mass is 10.1. The van der Waals surface area contributed by atoms with E-state index in [1.54, 1.807) is 20.4 Å². The molecule has 0 aliphatic heterocycles. The summed E-state index contributed by atoms with van der Waals surface area (Å²) in [4.78, 5) is 6.63. The van der Waals surface area contributed by atoms with Gasteiger partial charge in [-0.1, -0.05) is 6.92 Å². The van der Waals surface area contributed by atoms with Crippen LogP contribution in [0.1, 0.15) is 12.6 Å². The first-order valence-corrected chi connectivity index (χ1v) is 6.51. The minimum Gasteiger partial charge on any atom is -0.493 e. The molecule has 0 amide bonds. The zero-order chi connectivity index (χ0) is 14.3. The average molecular weight is 267 g/mol. The van der Waals surface area contributed by atoms with E-state index in [1.165, 1.54) is 0 Å². The fraction of sp³-hybridized carbons (Fsp3) is 0.643. The Morgan fingerprint density at radius 2 is 2.11 bits per heavy atom. The van der Waals surface area contributed by atoms with Gasteiger partial charge in [0.25, 0.3) is 0 Å². The van der Waals surface area contributed by atoms with Crippen LogP contribution in [0.5, 0.6) is 11.5 Å². The minimum absolute atomic E-state index is 0.589. The molecular weight excluding hydrogens is 242 g/mol. The van der Waals surface area contributed by atoms with Gasteiger partial charge in [0, 0.05) is 25.4 Å². The number of nitrogens with zero attached hydrogens (tertiary/aromatic N) is 2. The lowest BCUT2D eigenvalue weighted by Gasteiger charge is -2.22. The Morgan fingerprint density at radius 1 is 1.37 bits per heavy atom. The third-order valence-electron chi connectivity index (χ3n) is 2.96. The molecule has 5 heteroatoms. The van der Waals surface area contributed by atoms with E-state index in [0.29, 0.717) is 5.92 Å². The maximum absolute atomic E-state index is 5.39. The molecule has 0 fully saturated rings. The Labute approximate surface area is 115 Å². The van der Waals surface area contributed by atoms with E-state index < -0.39 is 0 Å². The Bertz CT molecular complexity index is 385. The van der Waals surface area contributed by atoms with Gasteiger partial charge in [0.05, 0.1) is 14.2 Å². The zero-order valence-corrected chi connectivity index (χ0v) is 12.6. The fourth-order valence-electron chi connectivity index (χ4n) is 2.23.